The Morgan fingerprint density at radius 2 is 1.58 bits per heavy atom. The fourth-order valence-corrected chi connectivity index (χ4v) is 3.44. The number of hydrogen-bond donors (Lipinski definition) is 0. The third-order valence-electron chi connectivity index (χ3n) is 4.68. The first-order valence-electron chi connectivity index (χ1n) is 8.51. The fraction of sp³-hybridized carbons (Fsp3) is 0.182. The van der Waals surface area contributed by atoms with Gasteiger partial charge in [-0.1, -0.05) is 48.5 Å². The molecule has 2 heterocycles. The lowest BCUT2D eigenvalue weighted by Crippen LogP contribution is -2.18. The van der Waals surface area contributed by atoms with E-state index < -0.39 is 0 Å². The van der Waals surface area contributed by atoms with E-state index >= 15 is 0 Å². The molecule has 0 radical (unpaired) electrons. The predicted octanol–water partition coefficient (Wildman–Crippen LogP) is 5.01. The molecule has 0 N–H and O–H groups in total. The SMILES string of the molecule is c1ccc(CC2CCc3ccccc3N=C2c2ccncc2)cc1. The highest BCUT2D eigenvalue weighted by atomic mass is 14.8. The summed E-state index contributed by atoms with van der Waals surface area (Å²) >= 11 is 0. The monoisotopic (exact) mass is 312 g/mol. The van der Waals surface area contributed by atoms with Gasteiger partial charge in [-0.15, -0.1) is 0 Å². The summed E-state index contributed by atoms with van der Waals surface area (Å²) in [6.07, 6.45) is 6.93. The zero-order chi connectivity index (χ0) is 16.2. The molecule has 0 spiro atoms. The summed E-state index contributed by atoms with van der Waals surface area (Å²) < 4.78 is 0. The number of hydrogen-bond acceptors (Lipinski definition) is 2. The number of benzene rings is 2. The zero-order valence-corrected chi connectivity index (χ0v) is 13.6. The summed E-state index contributed by atoms with van der Waals surface area (Å²) in [7, 11) is 0. The van der Waals surface area contributed by atoms with Gasteiger partial charge in [0, 0.05) is 18.3 Å². The van der Waals surface area contributed by atoms with Gasteiger partial charge < -0.3 is 0 Å². The van der Waals surface area contributed by atoms with E-state index in [-0.39, 0.29) is 0 Å². The maximum absolute atomic E-state index is 5.08. The number of aryl methyl sites for hydroxylation is 1. The summed E-state index contributed by atoms with van der Waals surface area (Å²) in [5, 5.41) is 0. The Balaban J connectivity index is 1.75. The first kappa shape index (κ1) is 14.8. The van der Waals surface area contributed by atoms with Gasteiger partial charge in [-0.05, 0) is 54.2 Å². The van der Waals surface area contributed by atoms with Crippen molar-refractivity contribution in [2.75, 3.05) is 0 Å². The Kier molecular flexibility index (Phi) is 4.20. The smallest absolute Gasteiger partial charge is 0.0665 e. The number of rotatable bonds is 3. The molecule has 0 amide bonds. The first-order chi connectivity index (χ1) is 11.9. The topological polar surface area (TPSA) is 25.2 Å². The highest BCUT2D eigenvalue weighted by Crippen LogP contribution is 2.31. The van der Waals surface area contributed by atoms with Crippen molar-refractivity contribution in [3.05, 3.63) is 95.8 Å². The van der Waals surface area contributed by atoms with Crippen molar-refractivity contribution in [2.24, 2.45) is 10.9 Å². The van der Waals surface area contributed by atoms with Crippen LogP contribution in [-0.4, -0.2) is 10.7 Å². The summed E-state index contributed by atoms with van der Waals surface area (Å²) in [6.45, 7) is 0. The Bertz CT molecular complexity index is 838. The minimum Gasteiger partial charge on any atom is -0.265 e. The van der Waals surface area contributed by atoms with Crippen LogP contribution in [0.2, 0.25) is 0 Å². The maximum Gasteiger partial charge on any atom is 0.0665 e. The molecule has 0 aliphatic carbocycles. The Morgan fingerprint density at radius 3 is 2.42 bits per heavy atom. The average Bonchev–Trinajstić information content (AvgIpc) is 2.83. The lowest BCUT2D eigenvalue weighted by atomic mass is 9.87. The van der Waals surface area contributed by atoms with E-state index in [4.69, 9.17) is 4.99 Å². The number of fused-ring (bicyclic) bond motifs is 1. The molecule has 0 saturated heterocycles. The van der Waals surface area contributed by atoms with E-state index in [0.29, 0.717) is 5.92 Å². The number of pyridine rings is 1. The fourth-order valence-electron chi connectivity index (χ4n) is 3.44. The van der Waals surface area contributed by atoms with Crippen LogP contribution in [0, 0.1) is 5.92 Å². The zero-order valence-electron chi connectivity index (χ0n) is 13.6. The molecule has 118 valence electrons. The molecule has 1 unspecified atom stereocenters. The van der Waals surface area contributed by atoms with Gasteiger partial charge in [0.25, 0.3) is 0 Å². The Labute approximate surface area is 142 Å². The van der Waals surface area contributed by atoms with Crippen LogP contribution in [0.1, 0.15) is 23.1 Å². The van der Waals surface area contributed by atoms with Crippen LogP contribution in [0.25, 0.3) is 0 Å². The molecule has 1 atom stereocenters. The quantitative estimate of drug-likeness (QED) is 0.667. The standard InChI is InChI=1S/C22H20N2/c1-2-6-17(7-3-1)16-20-11-10-18-8-4-5-9-21(18)24-22(20)19-12-14-23-15-13-19/h1-9,12-15,20H,10-11,16H2. The third-order valence-corrected chi connectivity index (χ3v) is 4.68. The van der Waals surface area contributed by atoms with E-state index in [1.807, 2.05) is 12.4 Å². The van der Waals surface area contributed by atoms with Crippen LogP contribution in [0.15, 0.2) is 84.1 Å². The molecule has 0 saturated carbocycles. The number of nitrogens with zero attached hydrogens (tertiary/aromatic N) is 2. The first-order valence-corrected chi connectivity index (χ1v) is 8.51. The molecule has 2 nitrogen and oxygen atoms in total. The van der Waals surface area contributed by atoms with Crippen LogP contribution in [0.5, 0.6) is 0 Å². The van der Waals surface area contributed by atoms with Gasteiger partial charge in [0.15, 0.2) is 0 Å². The molecule has 0 fully saturated rings. The van der Waals surface area contributed by atoms with E-state index in [9.17, 15) is 0 Å². The molecule has 2 heteroatoms. The van der Waals surface area contributed by atoms with Gasteiger partial charge in [0.1, 0.15) is 0 Å². The van der Waals surface area contributed by atoms with E-state index in [2.05, 4.69) is 71.7 Å². The summed E-state index contributed by atoms with van der Waals surface area (Å²) in [5.74, 6) is 0.419. The molecule has 1 aliphatic rings. The van der Waals surface area contributed by atoms with Gasteiger partial charge in [-0.2, -0.15) is 0 Å². The molecule has 1 aliphatic heterocycles. The van der Waals surface area contributed by atoms with Crippen LogP contribution in [0.4, 0.5) is 5.69 Å². The van der Waals surface area contributed by atoms with Crippen molar-refractivity contribution in [3.8, 4) is 0 Å². The highest BCUT2D eigenvalue weighted by molar-refractivity contribution is 6.04. The summed E-state index contributed by atoms with van der Waals surface area (Å²) in [6, 6.07) is 23.4. The number of aliphatic imine (C=N–C) groups is 1. The van der Waals surface area contributed by atoms with E-state index in [1.165, 1.54) is 22.4 Å². The second-order valence-electron chi connectivity index (χ2n) is 6.29. The van der Waals surface area contributed by atoms with E-state index in [1.54, 1.807) is 0 Å². The second-order valence-corrected chi connectivity index (χ2v) is 6.29. The van der Waals surface area contributed by atoms with Gasteiger partial charge >= 0.3 is 0 Å². The molecular formula is C22H20N2. The predicted molar refractivity (Wildman–Crippen MR) is 98.8 cm³/mol. The largest absolute Gasteiger partial charge is 0.265 e. The van der Waals surface area contributed by atoms with Gasteiger partial charge in [0.2, 0.25) is 0 Å². The van der Waals surface area contributed by atoms with Crippen molar-refractivity contribution >= 4 is 11.4 Å². The highest BCUT2D eigenvalue weighted by Gasteiger charge is 2.22. The van der Waals surface area contributed by atoms with Crippen molar-refractivity contribution < 1.29 is 0 Å². The van der Waals surface area contributed by atoms with Crippen LogP contribution >= 0.6 is 0 Å². The Hall–Kier alpha value is -2.74. The lowest BCUT2D eigenvalue weighted by Gasteiger charge is -2.18. The minimum absolute atomic E-state index is 0.419. The van der Waals surface area contributed by atoms with Crippen molar-refractivity contribution in [2.45, 2.75) is 19.3 Å². The minimum atomic E-state index is 0.419. The van der Waals surface area contributed by atoms with Crippen LogP contribution in [-0.2, 0) is 12.8 Å². The lowest BCUT2D eigenvalue weighted by molar-refractivity contribution is 0.628. The molecule has 3 aromatic rings. The van der Waals surface area contributed by atoms with Crippen molar-refractivity contribution in [3.63, 3.8) is 0 Å². The van der Waals surface area contributed by atoms with Gasteiger partial charge in [0.05, 0.1) is 11.4 Å². The normalized spacial score (nSPS) is 16.8. The van der Waals surface area contributed by atoms with Gasteiger partial charge in [-0.25, -0.2) is 0 Å². The number of para-hydroxylation sites is 1. The van der Waals surface area contributed by atoms with Crippen molar-refractivity contribution in [1.29, 1.82) is 0 Å². The van der Waals surface area contributed by atoms with Crippen LogP contribution in [0.3, 0.4) is 0 Å². The molecule has 0 bridgehead atoms. The number of aromatic nitrogens is 1. The summed E-state index contributed by atoms with van der Waals surface area (Å²) in [5.41, 5.74) is 6.20. The summed E-state index contributed by atoms with van der Waals surface area (Å²) in [4.78, 5) is 9.24. The molecule has 24 heavy (non-hydrogen) atoms. The average molecular weight is 312 g/mol. The Morgan fingerprint density at radius 1 is 0.833 bits per heavy atom. The maximum atomic E-state index is 5.08. The van der Waals surface area contributed by atoms with Gasteiger partial charge in [-0.3, -0.25) is 9.98 Å². The molecule has 1 aromatic heterocycles. The van der Waals surface area contributed by atoms with Crippen molar-refractivity contribution in [1.82, 2.24) is 4.98 Å². The third kappa shape index (κ3) is 3.13. The molecular weight excluding hydrogens is 292 g/mol. The molecule has 2 aromatic carbocycles. The van der Waals surface area contributed by atoms with Crippen LogP contribution < -0.4 is 0 Å². The second kappa shape index (κ2) is 6.79. The van der Waals surface area contributed by atoms with E-state index in [0.717, 1.165) is 24.9 Å². The molecule has 4 rings (SSSR count).